The van der Waals surface area contributed by atoms with Crippen molar-refractivity contribution >= 4 is 28.5 Å². The fourth-order valence-corrected chi connectivity index (χ4v) is 3.74. The number of fused-ring (bicyclic) bond motifs is 3. The summed E-state index contributed by atoms with van der Waals surface area (Å²) in [7, 11) is 3.15. The van der Waals surface area contributed by atoms with Gasteiger partial charge in [0.1, 0.15) is 0 Å². The van der Waals surface area contributed by atoms with Crippen LogP contribution >= 0.6 is 11.6 Å². The van der Waals surface area contributed by atoms with E-state index < -0.39 is 5.69 Å². The van der Waals surface area contributed by atoms with Crippen molar-refractivity contribution in [1.82, 2.24) is 23.1 Å². The van der Waals surface area contributed by atoms with Crippen molar-refractivity contribution in [3.63, 3.8) is 0 Å². The molecule has 9 heteroatoms. The molecular weight excluding hydrogens is 382 g/mol. The van der Waals surface area contributed by atoms with E-state index in [1.807, 2.05) is 36.6 Å². The van der Waals surface area contributed by atoms with Gasteiger partial charge in [-0.2, -0.15) is 4.98 Å². The number of nitrogens with zero attached hydrogens (tertiary/aromatic N) is 5. The van der Waals surface area contributed by atoms with E-state index in [1.165, 1.54) is 16.2 Å². The average molecular weight is 402 g/mol. The molecule has 0 fully saturated rings. The van der Waals surface area contributed by atoms with Crippen LogP contribution in [-0.2, 0) is 18.3 Å². The first-order valence-corrected chi connectivity index (χ1v) is 9.19. The highest BCUT2D eigenvalue weighted by molar-refractivity contribution is 6.30. The summed E-state index contributed by atoms with van der Waals surface area (Å²) in [6.45, 7) is 4.33. The van der Waals surface area contributed by atoms with Crippen molar-refractivity contribution in [2.45, 2.75) is 20.4 Å². The summed E-state index contributed by atoms with van der Waals surface area (Å²) < 4.78 is 11.4. The summed E-state index contributed by atoms with van der Waals surface area (Å²) in [4.78, 5) is 30.5. The van der Waals surface area contributed by atoms with Crippen LogP contribution in [0.4, 0.5) is 0 Å². The molecule has 4 rings (SSSR count). The maximum Gasteiger partial charge on any atom is 0.332 e. The van der Waals surface area contributed by atoms with Crippen LogP contribution in [0.2, 0.25) is 5.02 Å². The van der Waals surface area contributed by atoms with Gasteiger partial charge in [-0.15, -0.1) is 0 Å². The van der Waals surface area contributed by atoms with Gasteiger partial charge in [-0.1, -0.05) is 17.7 Å². The molecule has 1 aromatic carbocycles. The topological polar surface area (TPSA) is 75.5 Å². The molecule has 146 valence electrons. The van der Waals surface area contributed by atoms with Crippen LogP contribution in [-0.4, -0.2) is 36.8 Å². The summed E-state index contributed by atoms with van der Waals surface area (Å²) in [5, 5.41) is 0.604. The molecule has 0 N–H and O–H groups in total. The molecule has 0 amide bonds. The van der Waals surface area contributed by atoms with Crippen molar-refractivity contribution in [1.29, 1.82) is 0 Å². The Morgan fingerprint density at radius 3 is 2.61 bits per heavy atom. The van der Waals surface area contributed by atoms with E-state index in [9.17, 15) is 9.59 Å². The van der Waals surface area contributed by atoms with Crippen LogP contribution in [0, 0.1) is 13.8 Å². The van der Waals surface area contributed by atoms with E-state index in [0.29, 0.717) is 22.0 Å². The second-order valence-electron chi connectivity index (χ2n) is 6.70. The van der Waals surface area contributed by atoms with Gasteiger partial charge in [0.2, 0.25) is 5.78 Å². The highest BCUT2D eigenvalue weighted by atomic mass is 35.5. The molecule has 0 aliphatic rings. The Kier molecular flexibility index (Phi) is 4.40. The monoisotopic (exact) mass is 401 g/mol. The van der Waals surface area contributed by atoms with Crippen LogP contribution in [0.25, 0.3) is 22.6 Å². The highest BCUT2D eigenvalue weighted by Gasteiger charge is 2.23. The Morgan fingerprint density at radius 2 is 1.93 bits per heavy atom. The molecule has 8 nitrogen and oxygen atoms in total. The minimum atomic E-state index is -0.418. The summed E-state index contributed by atoms with van der Waals surface area (Å²) in [5.74, 6) is 0.559. The first-order valence-electron chi connectivity index (χ1n) is 8.81. The maximum absolute atomic E-state index is 13.1. The quantitative estimate of drug-likeness (QED) is 0.524. The molecule has 0 saturated carbocycles. The molecular formula is C19H20ClN5O3. The third kappa shape index (κ3) is 2.52. The number of imidazole rings is 2. The van der Waals surface area contributed by atoms with Gasteiger partial charge in [0, 0.05) is 30.6 Å². The molecule has 0 aliphatic heterocycles. The second kappa shape index (κ2) is 6.65. The van der Waals surface area contributed by atoms with Gasteiger partial charge in [0.05, 0.1) is 18.8 Å². The SMILES string of the molecule is COCCn1c(=O)c2c(nc3n(-c4cccc(Cl)c4)c(C)c(C)n23)n(C)c1=O. The lowest BCUT2D eigenvalue weighted by Gasteiger charge is -2.08. The molecule has 0 bridgehead atoms. The third-order valence-corrected chi connectivity index (χ3v) is 5.34. The van der Waals surface area contributed by atoms with E-state index >= 15 is 0 Å². The molecule has 0 radical (unpaired) electrons. The van der Waals surface area contributed by atoms with Crippen LogP contribution in [0.1, 0.15) is 11.4 Å². The third-order valence-electron chi connectivity index (χ3n) is 5.10. The summed E-state index contributed by atoms with van der Waals surface area (Å²) in [6.07, 6.45) is 0. The number of hydrogen-bond acceptors (Lipinski definition) is 4. The van der Waals surface area contributed by atoms with Gasteiger partial charge < -0.3 is 4.74 Å². The molecule has 3 aromatic heterocycles. The Hall–Kier alpha value is -2.84. The van der Waals surface area contributed by atoms with Crippen molar-refractivity contribution < 1.29 is 4.74 Å². The fraction of sp³-hybridized carbons (Fsp3) is 0.316. The van der Waals surface area contributed by atoms with Crippen molar-refractivity contribution in [2.75, 3.05) is 13.7 Å². The number of benzene rings is 1. The van der Waals surface area contributed by atoms with Gasteiger partial charge in [0.25, 0.3) is 5.56 Å². The van der Waals surface area contributed by atoms with Crippen LogP contribution in [0.3, 0.4) is 0 Å². The summed E-state index contributed by atoms with van der Waals surface area (Å²) in [6, 6.07) is 7.42. The number of hydrogen-bond donors (Lipinski definition) is 0. The highest BCUT2D eigenvalue weighted by Crippen LogP contribution is 2.25. The van der Waals surface area contributed by atoms with Crippen LogP contribution < -0.4 is 11.2 Å². The van der Waals surface area contributed by atoms with E-state index in [2.05, 4.69) is 4.98 Å². The Bertz CT molecular complexity index is 1340. The Labute approximate surface area is 165 Å². The fourth-order valence-electron chi connectivity index (χ4n) is 3.55. The number of rotatable bonds is 4. The molecule has 0 spiro atoms. The Balaban J connectivity index is 2.15. The largest absolute Gasteiger partial charge is 0.383 e. The molecule has 4 aromatic rings. The number of methoxy groups -OCH3 is 1. The number of aromatic nitrogens is 5. The predicted molar refractivity (Wildman–Crippen MR) is 108 cm³/mol. The lowest BCUT2D eigenvalue weighted by Crippen LogP contribution is -2.40. The molecule has 0 unspecified atom stereocenters. The van der Waals surface area contributed by atoms with E-state index in [1.54, 1.807) is 17.5 Å². The maximum atomic E-state index is 13.1. The summed E-state index contributed by atoms with van der Waals surface area (Å²) >= 11 is 6.17. The van der Waals surface area contributed by atoms with Crippen molar-refractivity contribution in [3.05, 3.63) is 61.5 Å². The summed E-state index contributed by atoms with van der Waals surface area (Å²) in [5.41, 5.74) is 2.55. The van der Waals surface area contributed by atoms with E-state index in [4.69, 9.17) is 16.3 Å². The lowest BCUT2D eigenvalue weighted by molar-refractivity contribution is 0.184. The normalized spacial score (nSPS) is 11.8. The zero-order valence-electron chi connectivity index (χ0n) is 16.1. The number of ether oxygens (including phenoxy) is 1. The average Bonchev–Trinajstić information content (AvgIpc) is 3.16. The molecule has 0 aliphatic carbocycles. The molecule has 28 heavy (non-hydrogen) atoms. The van der Waals surface area contributed by atoms with E-state index in [-0.39, 0.29) is 18.7 Å². The minimum absolute atomic E-state index is 0.179. The van der Waals surface area contributed by atoms with Crippen LogP contribution in [0.5, 0.6) is 0 Å². The molecule has 0 saturated heterocycles. The standard InChI is InChI=1S/C19H20ClN5O3/c1-11-12(2)25-15-16(22(3)19(27)23(17(15)26)8-9-28-4)21-18(25)24(11)14-7-5-6-13(20)10-14/h5-7,10H,8-9H2,1-4H3. The molecule has 0 atom stereocenters. The smallest absolute Gasteiger partial charge is 0.332 e. The van der Waals surface area contributed by atoms with Crippen molar-refractivity contribution in [2.24, 2.45) is 7.05 Å². The van der Waals surface area contributed by atoms with Gasteiger partial charge in [-0.3, -0.25) is 22.9 Å². The predicted octanol–water partition coefficient (Wildman–Crippen LogP) is 2.06. The first-order chi connectivity index (χ1) is 13.4. The minimum Gasteiger partial charge on any atom is -0.383 e. The van der Waals surface area contributed by atoms with Gasteiger partial charge in [-0.05, 0) is 32.0 Å². The molecule has 3 heterocycles. The zero-order valence-corrected chi connectivity index (χ0v) is 16.8. The van der Waals surface area contributed by atoms with E-state index in [0.717, 1.165) is 17.1 Å². The van der Waals surface area contributed by atoms with Gasteiger partial charge >= 0.3 is 5.69 Å². The van der Waals surface area contributed by atoms with Crippen LogP contribution in [0.15, 0.2) is 33.9 Å². The Morgan fingerprint density at radius 1 is 1.18 bits per heavy atom. The van der Waals surface area contributed by atoms with Gasteiger partial charge in [-0.25, -0.2) is 4.79 Å². The van der Waals surface area contributed by atoms with Gasteiger partial charge in [0.15, 0.2) is 11.2 Å². The second-order valence-corrected chi connectivity index (χ2v) is 7.13. The number of halogens is 1. The zero-order chi connectivity index (χ0) is 20.2. The van der Waals surface area contributed by atoms with Crippen molar-refractivity contribution in [3.8, 4) is 5.69 Å². The number of aryl methyl sites for hydroxylation is 2. The first kappa shape index (κ1) is 18.5. The lowest BCUT2D eigenvalue weighted by atomic mass is 10.3.